The van der Waals surface area contributed by atoms with Crippen LogP contribution in [-0.4, -0.2) is 29.4 Å². The summed E-state index contributed by atoms with van der Waals surface area (Å²) in [6.45, 7) is 1.88. The van der Waals surface area contributed by atoms with Gasteiger partial charge in [0.05, 0.1) is 13.0 Å². The van der Waals surface area contributed by atoms with Crippen LogP contribution >= 0.6 is 11.8 Å². The molecule has 0 aromatic heterocycles. The number of rotatable bonds is 4. The molecule has 60 valence electrons. The first-order valence-electron chi connectivity index (χ1n) is 3.06. The van der Waals surface area contributed by atoms with Gasteiger partial charge in [-0.1, -0.05) is 6.92 Å². The second kappa shape index (κ2) is 5.56. The molecule has 0 bridgehead atoms. The number of hydrogen-bond donors (Lipinski definition) is 1. The smallest absolute Gasteiger partial charge is 0.318 e. The van der Waals surface area contributed by atoms with Crippen LogP contribution in [0.4, 0.5) is 0 Å². The van der Waals surface area contributed by atoms with Crippen molar-refractivity contribution < 1.29 is 14.6 Å². The van der Waals surface area contributed by atoms with Crippen LogP contribution in [0.25, 0.3) is 0 Å². The fraction of sp³-hybridized carbons (Fsp3) is 0.833. The predicted octanol–water partition coefficient (Wildman–Crippen LogP) is 0.621. The van der Waals surface area contributed by atoms with E-state index in [1.807, 2.05) is 6.92 Å². The average Bonchev–Trinajstić information content (AvgIpc) is 1.99. The Hall–Kier alpha value is -0.220. The number of hydrogen-bond acceptors (Lipinski definition) is 4. The Labute approximate surface area is 64.8 Å². The molecule has 1 N–H and O–H groups in total. The number of carbonyl (C=O) groups excluding carboxylic acids is 1. The van der Waals surface area contributed by atoms with E-state index in [1.165, 1.54) is 18.9 Å². The van der Waals surface area contributed by atoms with Gasteiger partial charge in [-0.15, -0.1) is 11.8 Å². The number of thioether (sulfide) groups is 1. The first-order valence-corrected chi connectivity index (χ1v) is 4.11. The van der Waals surface area contributed by atoms with Gasteiger partial charge in [-0.25, -0.2) is 0 Å². The molecule has 0 rings (SSSR count). The molecule has 0 aromatic rings. The third kappa shape index (κ3) is 3.08. The van der Waals surface area contributed by atoms with Gasteiger partial charge in [0.2, 0.25) is 0 Å². The number of esters is 1. The number of aliphatic hydroxyl groups is 1. The van der Waals surface area contributed by atoms with Gasteiger partial charge < -0.3 is 9.84 Å². The SMILES string of the molecule is CCC(SCO)C(=O)OC. The number of carbonyl (C=O) groups is 1. The van der Waals surface area contributed by atoms with Crippen molar-refractivity contribution in [3.05, 3.63) is 0 Å². The highest BCUT2D eigenvalue weighted by molar-refractivity contribution is 8.00. The van der Waals surface area contributed by atoms with E-state index in [1.54, 1.807) is 0 Å². The molecular formula is C6H12O3S. The molecule has 0 radical (unpaired) electrons. The maximum absolute atomic E-state index is 10.8. The van der Waals surface area contributed by atoms with E-state index in [-0.39, 0.29) is 17.2 Å². The molecule has 3 nitrogen and oxygen atoms in total. The maximum Gasteiger partial charge on any atom is 0.318 e. The second-order valence-electron chi connectivity index (χ2n) is 1.72. The lowest BCUT2D eigenvalue weighted by atomic mass is 10.3. The minimum Gasteiger partial charge on any atom is -0.468 e. The minimum atomic E-state index is -0.262. The monoisotopic (exact) mass is 164 g/mol. The number of aliphatic hydroxyl groups excluding tert-OH is 1. The molecule has 0 heterocycles. The number of ether oxygens (including phenoxy) is 1. The second-order valence-corrected chi connectivity index (χ2v) is 2.88. The Morgan fingerprint density at radius 1 is 1.80 bits per heavy atom. The van der Waals surface area contributed by atoms with Crippen LogP contribution < -0.4 is 0 Å². The van der Waals surface area contributed by atoms with E-state index in [0.717, 1.165) is 0 Å². The molecule has 0 aliphatic heterocycles. The van der Waals surface area contributed by atoms with Crippen LogP contribution in [0.1, 0.15) is 13.3 Å². The zero-order valence-corrected chi connectivity index (χ0v) is 6.98. The van der Waals surface area contributed by atoms with Crippen molar-refractivity contribution >= 4 is 17.7 Å². The van der Waals surface area contributed by atoms with Crippen molar-refractivity contribution in [2.45, 2.75) is 18.6 Å². The van der Waals surface area contributed by atoms with Crippen LogP contribution in [0.15, 0.2) is 0 Å². The van der Waals surface area contributed by atoms with Crippen molar-refractivity contribution in [3.8, 4) is 0 Å². The summed E-state index contributed by atoms with van der Waals surface area (Å²) in [5, 5.41) is 8.25. The molecular weight excluding hydrogens is 152 g/mol. The van der Waals surface area contributed by atoms with Gasteiger partial charge in [0.1, 0.15) is 5.25 Å². The summed E-state index contributed by atoms with van der Waals surface area (Å²) in [5.41, 5.74) is 0. The van der Waals surface area contributed by atoms with Crippen molar-refractivity contribution in [2.24, 2.45) is 0 Å². The summed E-state index contributed by atoms with van der Waals surface area (Å²) in [4.78, 5) is 10.8. The highest BCUT2D eigenvalue weighted by Gasteiger charge is 2.15. The molecule has 0 fully saturated rings. The zero-order valence-electron chi connectivity index (χ0n) is 6.16. The fourth-order valence-corrected chi connectivity index (χ4v) is 1.22. The Morgan fingerprint density at radius 3 is 2.70 bits per heavy atom. The largest absolute Gasteiger partial charge is 0.468 e. The summed E-state index contributed by atoms with van der Waals surface area (Å²) in [6, 6.07) is 0. The average molecular weight is 164 g/mol. The molecule has 0 aliphatic carbocycles. The van der Waals surface area contributed by atoms with Crippen molar-refractivity contribution in [1.82, 2.24) is 0 Å². The highest BCUT2D eigenvalue weighted by atomic mass is 32.2. The lowest BCUT2D eigenvalue weighted by molar-refractivity contribution is -0.140. The molecule has 0 amide bonds. The normalized spacial score (nSPS) is 12.7. The molecule has 4 heteroatoms. The molecule has 0 saturated heterocycles. The van der Waals surface area contributed by atoms with E-state index in [4.69, 9.17) is 5.11 Å². The van der Waals surface area contributed by atoms with E-state index in [0.29, 0.717) is 6.42 Å². The Balaban J connectivity index is 3.68. The van der Waals surface area contributed by atoms with Crippen LogP contribution in [0.3, 0.4) is 0 Å². The summed E-state index contributed by atoms with van der Waals surface area (Å²) in [6.07, 6.45) is 0.692. The quantitative estimate of drug-likeness (QED) is 0.489. The summed E-state index contributed by atoms with van der Waals surface area (Å²) in [5.74, 6) is -0.297. The topological polar surface area (TPSA) is 46.5 Å². The van der Waals surface area contributed by atoms with Gasteiger partial charge in [0.15, 0.2) is 0 Å². The van der Waals surface area contributed by atoms with Crippen LogP contribution in [0.2, 0.25) is 0 Å². The molecule has 10 heavy (non-hydrogen) atoms. The first-order chi connectivity index (χ1) is 4.76. The van der Waals surface area contributed by atoms with Crippen molar-refractivity contribution in [2.75, 3.05) is 13.0 Å². The van der Waals surface area contributed by atoms with Crippen LogP contribution in [0, 0.1) is 0 Å². The number of methoxy groups -OCH3 is 1. The maximum atomic E-state index is 10.8. The lowest BCUT2D eigenvalue weighted by Crippen LogP contribution is -2.18. The van der Waals surface area contributed by atoms with Gasteiger partial charge in [0, 0.05) is 0 Å². The standard InChI is InChI=1S/C6H12O3S/c1-3-5(10-4-7)6(8)9-2/h5,7H,3-4H2,1-2H3. The van der Waals surface area contributed by atoms with E-state index in [9.17, 15) is 4.79 Å². The van der Waals surface area contributed by atoms with E-state index in [2.05, 4.69) is 4.74 Å². The Morgan fingerprint density at radius 2 is 2.40 bits per heavy atom. The van der Waals surface area contributed by atoms with Gasteiger partial charge in [-0.2, -0.15) is 0 Å². The van der Waals surface area contributed by atoms with Gasteiger partial charge in [-0.05, 0) is 6.42 Å². The highest BCUT2D eigenvalue weighted by Crippen LogP contribution is 2.13. The van der Waals surface area contributed by atoms with E-state index >= 15 is 0 Å². The fourth-order valence-electron chi connectivity index (χ4n) is 0.574. The van der Waals surface area contributed by atoms with E-state index < -0.39 is 0 Å². The molecule has 0 aromatic carbocycles. The third-order valence-electron chi connectivity index (χ3n) is 1.11. The van der Waals surface area contributed by atoms with Crippen LogP contribution in [0.5, 0.6) is 0 Å². The summed E-state index contributed by atoms with van der Waals surface area (Å²) >= 11 is 1.19. The molecule has 1 atom stereocenters. The third-order valence-corrected chi connectivity index (χ3v) is 2.19. The summed E-state index contributed by atoms with van der Waals surface area (Å²) < 4.78 is 4.48. The van der Waals surface area contributed by atoms with Gasteiger partial charge in [-0.3, -0.25) is 4.79 Å². The van der Waals surface area contributed by atoms with Gasteiger partial charge >= 0.3 is 5.97 Å². The Bertz CT molecular complexity index is 105. The first kappa shape index (κ1) is 9.78. The van der Waals surface area contributed by atoms with Crippen molar-refractivity contribution in [1.29, 1.82) is 0 Å². The molecule has 0 aliphatic rings. The molecule has 0 spiro atoms. The zero-order chi connectivity index (χ0) is 7.98. The van der Waals surface area contributed by atoms with Crippen LogP contribution in [-0.2, 0) is 9.53 Å². The Kier molecular flexibility index (Phi) is 5.43. The lowest BCUT2D eigenvalue weighted by Gasteiger charge is -2.08. The predicted molar refractivity (Wildman–Crippen MR) is 40.8 cm³/mol. The summed E-state index contributed by atoms with van der Waals surface area (Å²) in [7, 11) is 1.35. The molecule has 1 unspecified atom stereocenters. The minimum absolute atomic E-state index is 0.0341. The van der Waals surface area contributed by atoms with Gasteiger partial charge in [0.25, 0.3) is 0 Å². The molecule has 0 saturated carbocycles. The van der Waals surface area contributed by atoms with Crippen molar-refractivity contribution in [3.63, 3.8) is 0 Å².